The van der Waals surface area contributed by atoms with E-state index in [1.165, 1.54) is 5.56 Å². The SMILES string of the molecule is CCN(Cc1ccccc1)C(=O)c1cc2ccc(C)cc2[nH]1. The lowest BCUT2D eigenvalue weighted by Crippen LogP contribution is -2.30. The number of carbonyl (C=O) groups is 1. The quantitative estimate of drug-likeness (QED) is 0.771. The van der Waals surface area contributed by atoms with Crippen LogP contribution in [0, 0.1) is 6.92 Å². The van der Waals surface area contributed by atoms with Gasteiger partial charge in [0.2, 0.25) is 0 Å². The molecule has 1 aromatic heterocycles. The van der Waals surface area contributed by atoms with Crippen molar-refractivity contribution in [2.45, 2.75) is 20.4 Å². The van der Waals surface area contributed by atoms with Gasteiger partial charge in [0, 0.05) is 24.0 Å². The van der Waals surface area contributed by atoms with Crippen LogP contribution in [-0.2, 0) is 6.54 Å². The minimum atomic E-state index is 0.0419. The normalized spacial score (nSPS) is 10.8. The van der Waals surface area contributed by atoms with Crippen LogP contribution in [-0.4, -0.2) is 22.3 Å². The number of aromatic amines is 1. The van der Waals surface area contributed by atoms with Crippen LogP contribution in [0.5, 0.6) is 0 Å². The summed E-state index contributed by atoms with van der Waals surface area (Å²) in [5.74, 6) is 0.0419. The molecule has 1 N–H and O–H groups in total. The maximum Gasteiger partial charge on any atom is 0.270 e. The summed E-state index contributed by atoms with van der Waals surface area (Å²) in [7, 11) is 0. The van der Waals surface area contributed by atoms with Crippen LogP contribution in [0.1, 0.15) is 28.5 Å². The topological polar surface area (TPSA) is 36.1 Å². The predicted octanol–water partition coefficient (Wildman–Crippen LogP) is 4.14. The molecule has 0 fully saturated rings. The summed E-state index contributed by atoms with van der Waals surface area (Å²) in [5.41, 5.74) is 3.99. The number of H-pyrrole nitrogens is 1. The Morgan fingerprint density at radius 3 is 2.59 bits per heavy atom. The van der Waals surface area contributed by atoms with Crippen molar-refractivity contribution in [3.8, 4) is 0 Å². The van der Waals surface area contributed by atoms with Crippen LogP contribution in [0.3, 0.4) is 0 Å². The van der Waals surface area contributed by atoms with E-state index in [9.17, 15) is 4.79 Å². The van der Waals surface area contributed by atoms with Gasteiger partial charge in [0.05, 0.1) is 0 Å². The van der Waals surface area contributed by atoms with E-state index in [-0.39, 0.29) is 5.91 Å². The molecule has 0 unspecified atom stereocenters. The van der Waals surface area contributed by atoms with E-state index >= 15 is 0 Å². The average Bonchev–Trinajstić information content (AvgIpc) is 2.96. The molecule has 3 nitrogen and oxygen atoms in total. The fourth-order valence-electron chi connectivity index (χ4n) is 2.66. The van der Waals surface area contributed by atoms with E-state index in [1.54, 1.807) is 0 Å². The Morgan fingerprint density at radius 1 is 1.09 bits per heavy atom. The number of aryl methyl sites for hydroxylation is 1. The molecule has 112 valence electrons. The summed E-state index contributed by atoms with van der Waals surface area (Å²) in [5, 5.41) is 1.07. The van der Waals surface area contributed by atoms with Crippen LogP contribution in [0.15, 0.2) is 54.6 Å². The Labute approximate surface area is 130 Å². The van der Waals surface area contributed by atoms with Gasteiger partial charge in [0.25, 0.3) is 5.91 Å². The molecule has 1 heterocycles. The molecular formula is C19H20N2O. The number of nitrogens with zero attached hydrogens (tertiary/aromatic N) is 1. The number of fused-ring (bicyclic) bond motifs is 1. The van der Waals surface area contributed by atoms with Gasteiger partial charge >= 0.3 is 0 Å². The lowest BCUT2D eigenvalue weighted by atomic mass is 10.2. The number of hydrogen-bond acceptors (Lipinski definition) is 1. The highest BCUT2D eigenvalue weighted by molar-refractivity contribution is 5.98. The molecule has 0 aliphatic rings. The Bertz CT molecular complexity index is 790. The standard InChI is InChI=1S/C19H20N2O/c1-3-21(13-15-7-5-4-6-8-15)19(22)18-12-16-10-9-14(2)11-17(16)20-18/h4-12,20H,3,13H2,1-2H3. The Balaban J connectivity index is 1.86. The summed E-state index contributed by atoms with van der Waals surface area (Å²) in [4.78, 5) is 17.8. The lowest BCUT2D eigenvalue weighted by molar-refractivity contribution is 0.0747. The van der Waals surface area contributed by atoms with E-state index in [2.05, 4.69) is 24.0 Å². The minimum absolute atomic E-state index is 0.0419. The third kappa shape index (κ3) is 2.89. The molecule has 0 bridgehead atoms. The van der Waals surface area contributed by atoms with Gasteiger partial charge < -0.3 is 9.88 Å². The minimum Gasteiger partial charge on any atom is -0.351 e. The maximum atomic E-state index is 12.7. The molecule has 2 aromatic carbocycles. The molecule has 0 spiro atoms. The van der Waals surface area contributed by atoms with Gasteiger partial charge in [0.1, 0.15) is 5.69 Å². The summed E-state index contributed by atoms with van der Waals surface area (Å²) in [6, 6.07) is 18.2. The molecule has 0 saturated carbocycles. The number of hydrogen-bond donors (Lipinski definition) is 1. The highest BCUT2D eigenvalue weighted by atomic mass is 16.2. The first-order valence-corrected chi connectivity index (χ1v) is 7.60. The molecule has 0 saturated heterocycles. The van der Waals surface area contributed by atoms with Crippen molar-refractivity contribution in [3.63, 3.8) is 0 Å². The van der Waals surface area contributed by atoms with Gasteiger partial charge in [-0.15, -0.1) is 0 Å². The molecule has 1 amide bonds. The van der Waals surface area contributed by atoms with E-state index < -0.39 is 0 Å². The molecule has 0 radical (unpaired) electrons. The van der Waals surface area contributed by atoms with Crippen LogP contribution >= 0.6 is 0 Å². The molecule has 0 atom stereocenters. The number of amides is 1. The summed E-state index contributed by atoms with van der Waals surface area (Å²) >= 11 is 0. The van der Waals surface area contributed by atoms with E-state index in [4.69, 9.17) is 0 Å². The van der Waals surface area contributed by atoms with Crippen LogP contribution in [0.4, 0.5) is 0 Å². The van der Waals surface area contributed by atoms with Crippen LogP contribution in [0.2, 0.25) is 0 Å². The predicted molar refractivity (Wildman–Crippen MR) is 89.9 cm³/mol. The second kappa shape index (κ2) is 6.06. The zero-order valence-corrected chi connectivity index (χ0v) is 13.0. The zero-order valence-electron chi connectivity index (χ0n) is 13.0. The average molecular weight is 292 g/mol. The second-order valence-corrected chi connectivity index (χ2v) is 5.58. The summed E-state index contributed by atoms with van der Waals surface area (Å²) in [6.07, 6.45) is 0. The van der Waals surface area contributed by atoms with Gasteiger partial charge in [-0.25, -0.2) is 0 Å². The zero-order chi connectivity index (χ0) is 15.5. The third-order valence-corrected chi connectivity index (χ3v) is 3.89. The van der Waals surface area contributed by atoms with Crippen molar-refractivity contribution >= 4 is 16.8 Å². The Hall–Kier alpha value is -2.55. The fraction of sp³-hybridized carbons (Fsp3) is 0.211. The Morgan fingerprint density at radius 2 is 1.86 bits per heavy atom. The fourth-order valence-corrected chi connectivity index (χ4v) is 2.66. The first-order valence-electron chi connectivity index (χ1n) is 7.60. The van der Waals surface area contributed by atoms with E-state index in [1.807, 2.05) is 54.3 Å². The molecule has 3 heteroatoms. The molecule has 0 aliphatic carbocycles. The summed E-state index contributed by atoms with van der Waals surface area (Å²) in [6.45, 7) is 5.37. The summed E-state index contributed by atoms with van der Waals surface area (Å²) < 4.78 is 0. The van der Waals surface area contributed by atoms with Crippen molar-refractivity contribution in [2.75, 3.05) is 6.54 Å². The molecule has 3 rings (SSSR count). The van der Waals surface area contributed by atoms with Gasteiger partial charge in [-0.2, -0.15) is 0 Å². The van der Waals surface area contributed by atoms with Crippen molar-refractivity contribution in [1.29, 1.82) is 0 Å². The molecule has 3 aromatic rings. The second-order valence-electron chi connectivity index (χ2n) is 5.58. The van der Waals surface area contributed by atoms with Crippen LogP contribution < -0.4 is 0 Å². The van der Waals surface area contributed by atoms with Gasteiger partial charge in [-0.1, -0.05) is 42.5 Å². The van der Waals surface area contributed by atoms with Crippen LogP contribution in [0.25, 0.3) is 10.9 Å². The smallest absolute Gasteiger partial charge is 0.270 e. The largest absolute Gasteiger partial charge is 0.351 e. The molecule has 0 aliphatic heterocycles. The Kier molecular flexibility index (Phi) is 3.96. The number of benzene rings is 2. The van der Waals surface area contributed by atoms with E-state index in [0.29, 0.717) is 18.8 Å². The number of carbonyl (C=O) groups excluding carboxylic acids is 1. The molecule has 22 heavy (non-hydrogen) atoms. The number of rotatable bonds is 4. The van der Waals surface area contributed by atoms with Gasteiger partial charge in [-0.3, -0.25) is 4.79 Å². The molecular weight excluding hydrogens is 272 g/mol. The van der Waals surface area contributed by atoms with Crippen molar-refractivity contribution in [1.82, 2.24) is 9.88 Å². The van der Waals surface area contributed by atoms with Crippen molar-refractivity contribution in [2.24, 2.45) is 0 Å². The lowest BCUT2D eigenvalue weighted by Gasteiger charge is -2.20. The van der Waals surface area contributed by atoms with Gasteiger partial charge in [-0.05, 0) is 37.1 Å². The first kappa shape index (κ1) is 14.4. The van der Waals surface area contributed by atoms with Crippen molar-refractivity contribution < 1.29 is 4.79 Å². The van der Waals surface area contributed by atoms with E-state index in [0.717, 1.165) is 16.5 Å². The highest BCUT2D eigenvalue weighted by Crippen LogP contribution is 2.18. The number of aromatic nitrogens is 1. The van der Waals surface area contributed by atoms with Gasteiger partial charge in [0.15, 0.2) is 0 Å². The highest BCUT2D eigenvalue weighted by Gasteiger charge is 2.16. The monoisotopic (exact) mass is 292 g/mol. The maximum absolute atomic E-state index is 12.7. The first-order chi connectivity index (χ1) is 10.7. The number of nitrogens with one attached hydrogen (secondary N) is 1. The van der Waals surface area contributed by atoms with Crippen molar-refractivity contribution in [3.05, 3.63) is 71.4 Å². The third-order valence-electron chi connectivity index (χ3n) is 3.89.